The predicted octanol–water partition coefficient (Wildman–Crippen LogP) is 2.50. The van der Waals surface area contributed by atoms with Crippen LogP contribution in [-0.4, -0.2) is 48.7 Å². The first kappa shape index (κ1) is 13.5. The number of benzene rings is 1. The highest BCUT2D eigenvalue weighted by Crippen LogP contribution is 2.17. The molecule has 1 aliphatic rings. The van der Waals surface area contributed by atoms with Crippen molar-refractivity contribution < 1.29 is 0 Å². The monoisotopic (exact) mass is 281 g/mol. The van der Waals surface area contributed by atoms with Crippen LogP contribution in [0.15, 0.2) is 24.3 Å². The van der Waals surface area contributed by atoms with E-state index in [0.717, 1.165) is 23.9 Å². The summed E-state index contributed by atoms with van der Waals surface area (Å²) in [5, 5.41) is 4.15. The Kier molecular flexibility index (Phi) is 4.72. The minimum atomic E-state index is 0.841. The van der Waals surface area contributed by atoms with Gasteiger partial charge in [-0.25, -0.2) is 0 Å². The quantitative estimate of drug-likeness (QED) is 0.837. The molecule has 0 saturated carbocycles. The van der Waals surface area contributed by atoms with Gasteiger partial charge in [-0.05, 0) is 36.5 Å². The predicted molar refractivity (Wildman–Crippen MR) is 85.9 cm³/mol. The van der Waals surface area contributed by atoms with Crippen LogP contribution in [0.25, 0.3) is 0 Å². The molecule has 0 aliphatic carbocycles. The van der Waals surface area contributed by atoms with Gasteiger partial charge in [0, 0.05) is 50.1 Å². The number of rotatable bonds is 2. The summed E-state index contributed by atoms with van der Waals surface area (Å²) in [6.45, 7) is 2.10. The second kappa shape index (κ2) is 6.29. The Morgan fingerprint density at radius 1 is 1.22 bits per heavy atom. The van der Waals surface area contributed by atoms with Crippen molar-refractivity contribution in [2.45, 2.75) is 0 Å². The van der Waals surface area contributed by atoms with Gasteiger partial charge < -0.3 is 15.1 Å². The zero-order valence-corrected chi connectivity index (χ0v) is 12.5. The Bertz CT molecular complexity index is 397. The minimum absolute atomic E-state index is 0.841. The number of thioether (sulfide) groups is 1. The lowest BCUT2D eigenvalue weighted by molar-refractivity contribution is 0.470. The third-order valence-electron chi connectivity index (χ3n) is 2.93. The normalized spacial score (nSPS) is 15.3. The highest BCUT2D eigenvalue weighted by Gasteiger charge is 2.13. The van der Waals surface area contributed by atoms with Gasteiger partial charge in [0.15, 0.2) is 5.11 Å². The van der Waals surface area contributed by atoms with Gasteiger partial charge >= 0.3 is 0 Å². The Labute approximate surface area is 119 Å². The van der Waals surface area contributed by atoms with Gasteiger partial charge in [-0.3, -0.25) is 0 Å². The summed E-state index contributed by atoms with van der Waals surface area (Å²) >= 11 is 7.43. The Balaban J connectivity index is 1.94. The van der Waals surface area contributed by atoms with Gasteiger partial charge in [0.2, 0.25) is 0 Å². The summed E-state index contributed by atoms with van der Waals surface area (Å²) in [6, 6.07) is 8.33. The van der Waals surface area contributed by atoms with E-state index in [9.17, 15) is 0 Å². The van der Waals surface area contributed by atoms with Crippen molar-refractivity contribution in [1.29, 1.82) is 0 Å². The molecule has 0 radical (unpaired) electrons. The molecule has 1 fully saturated rings. The molecule has 98 valence electrons. The number of hydrogen-bond donors (Lipinski definition) is 1. The highest BCUT2D eigenvalue weighted by molar-refractivity contribution is 7.99. The van der Waals surface area contributed by atoms with Crippen molar-refractivity contribution in [1.82, 2.24) is 4.90 Å². The summed E-state index contributed by atoms with van der Waals surface area (Å²) in [7, 11) is 4.08. The lowest BCUT2D eigenvalue weighted by Crippen LogP contribution is -2.40. The van der Waals surface area contributed by atoms with Crippen LogP contribution in [0.3, 0.4) is 0 Å². The van der Waals surface area contributed by atoms with Crippen molar-refractivity contribution in [2.24, 2.45) is 0 Å². The molecular formula is C13H19N3S2. The maximum atomic E-state index is 5.44. The van der Waals surface area contributed by atoms with Crippen LogP contribution >= 0.6 is 24.0 Å². The summed E-state index contributed by atoms with van der Waals surface area (Å²) in [5.41, 5.74) is 2.25. The van der Waals surface area contributed by atoms with Gasteiger partial charge in [-0.2, -0.15) is 11.8 Å². The number of nitrogens with one attached hydrogen (secondary N) is 1. The lowest BCUT2D eigenvalue weighted by atomic mass is 10.2. The van der Waals surface area contributed by atoms with Crippen molar-refractivity contribution in [3.05, 3.63) is 24.3 Å². The summed E-state index contributed by atoms with van der Waals surface area (Å²) in [5.74, 6) is 2.34. The van der Waals surface area contributed by atoms with E-state index in [1.807, 2.05) is 25.9 Å². The molecule has 1 heterocycles. The van der Waals surface area contributed by atoms with Crippen molar-refractivity contribution in [3.63, 3.8) is 0 Å². The van der Waals surface area contributed by atoms with Crippen LogP contribution in [0.5, 0.6) is 0 Å². The Morgan fingerprint density at radius 2 is 1.83 bits per heavy atom. The fraction of sp³-hybridized carbons (Fsp3) is 0.462. The van der Waals surface area contributed by atoms with Gasteiger partial charge in [0.05, 0.1) is 0 Å². The first-order valence-electron chi connectivity index (χ1n) is 6.08. The zero-order valence-electron chi connectivity index (χ0n) is 10.8. The van der Waals surface area contributed by atoms with Gasteiger partial charge in [-0.1, -0.05) is 0 Å². The summed E-state index contributed by atoms with van der Waals surface area (Å²) in [4.78, 5) is 4.33. The molecule has 1 aromatic carbocycles. The van der Waals surface area contributed by atoms with E-state index >= 15 is 0 Å². The van der Waals surface area contributed by atoms with E-state index in [4.69, 9.17) is 12.2 Å². The molecular weight excluding hydrogens is 262 g/mol. The van der Waals surface area contributed by atoms with E-state index in [2.05, 4.69) is 39.4 Å². The largest absolute Gasteiger partial charge is 0.378 e. The maximum Gasteiger partial charge on any atom is 0.173 e. The van der Waals surface area contributed by atoms with Crippen LogP contribution in [0.4, 0.5) is 11.4 Å². The standard InChI is InChI=1S/C13H19N3S2/c1-15(2)12-5-3-11(4-6-12)14-13(17)16-7-9-18-10-8-16/h3-6H,7-10H2,1-2H3,(H,14,17). The minimum Gasteiger partial charge on any atom is -0.378 e. The SMILES string of the molecule is CN(C)c1ccc(NC(=S)N2CCSCC2)cc1. The Morgan fingerprint density at radius 3 is 2.39 bits per heavy atom. The van der Waals surface area contributed by atoms with Crippen LogP contribution < -0.4 is 10.2 Å². The van der Waals surface area contributed by atoms with Gasteiger partial charge in [0.25, 0.3) is 0 Å². The Hall–Kier alpha value is -0.940. The smallest absolute Gasteiger partial charge is 0.173 e. The van der Waals surface area contributed by atoms with E-state index in [-0.39, 0.29) is 0 Å². The van der Waals surface area contributed by atoms with Crippen molar-refractivity contribution in [3.8, 4) is 0 Å². The van der Waals surface area contributed by atoms with Crippen LogP contribution in [0.2, 0.25) is 0 Å². The van der Waals surface area contributed by atoms with Crippen LogP contribution in [0.1, 0.15) is 0 Å². The maximum absolute atomic E-state index is 5.44. The molecule has 5 heteroatoms. The fourth-order valence-corrected chi connectivity index (χ4v) is 3.02. The zero-order chi connectivity index (χ0) is 13.0. The molecule has 0 spiro atoms. The van der Waals surface area contributed by atoms with Crippen molar-refractivity contribution >= 4 is 40.5 Å². The van der Waals surface area contributed by atoms with Gasteiger partial charge in [0.1, 0.15) is 0 Å². The van der Waals surface area contributed by atoms with Crippen LogP contribution in [-0.2, 0) is 0 Å². The van der Waals surface area contributed by atoms with Gasteiger partial charge in [-0.15, -0.1) is 0 Å². The molecule has 18 heavy (non-hydrogen) atoms. The average molecular weight is 281 g/mol. The number of hydrogen-bond acceptors (Lipinski definition) is 3. The third-order valence-corrected chi connectivity index (χ3v) is 4.24. The second-order valence-electron chi connectivity index (χ2n) is 4.47. The molecule has 0 unspecified atom stereocenters. The highest BCUT2D eigenvalue weighted by atomic mass is 32.2. The molecule has 0 bridgehead atoms. The first-order valence-corrected chi connectivity index (χ1v) is 7.64. The number of nitrogens with zero attached hydrogens (tertiary/aromatic N) is 2. The molecule has 2 rings (SSSR count). The molecule has 0 aromatic heterocycles. The van der Waals surface area contributed by atoms with E-state index in [0.29, 0.717) is 0 Å². The van der Waals surface area contributed by atoms with Crippen LogP contribution in [0, 0.1) is 0 Å². The molecule has 1 saturated heterocycles. The topological polar surface area (TPSA) is 18.5 Å². The molecule has 0 amide bonds. The van der Waals surface area contributed by atoms with E-state index in [1.54, 1.807) is 0 Å². The van der Waals surface area contributed by atoms with E-state index in [1.165, 1.54) is 17.2 Å². The molecule has 3 nitrogen and oxygen atoms in total. The second-order valence-corrected chi connectivity index (χ2v) is 6.08. The number of anilines is 2. The lowest BCUT2D eigenvalue weighted by Gasteiger charge is -2.29. The summed E-state index contributed by atoms with van der Waals surface area (Å²) < 4.78 is 0. The third kappa shape index (κ3) is 3.53. The summed E-state index contributed by atoms with van der Waals surface area (Å²) in [6.07, 6.45) is 0. The average Bonchev–Trinajstić information content (AvgIpc) is 2.40. The fourth-order valence-electron chi connectivity index (χ4n) is 1.81. The van der Waals surface area contributed by atoms with E-state index < -0.39 is 0 Å². The molecule has 0 atom stereocenters. The molecule has 1 aromatic rings. The molecule has 1 N–H and O–H groups in total. The number of thiocarbonyl (C=S) groups is 1. The first-order chi connectivity index (χ1) is 8.66. The van der Waals surface area contributed by atoms with Crippen molar-refractivity contribution in [2.75, 3.05) is 48.9 Å². The molecule has 1 aliphatic heterocycles.